The van der Waals surface area contributed by atoms with Gasteiger partial charge in [0, 0.05) is 74.9 Å². The molecule has 2 aromatic heterocycles. The summed E-state index contributed by atoms with van der Waals surface area (Å²) in [6.45, 7) is 16.9. The average Bonchev–Trinajstić information content (AvgIpc) is 3.48. The Balaban J connectivity index is 1.19. The van der Waals surface area contributed by atoms with Gasteiger partial charge in [-0.2, -0.15) is 9.78 Å². The second kappa shape index (κ2) is 15.8. The van der Waals surface area contributed by atoms with Gasteiger partial charge in [0.05, 0.1) is 32.1 Å². The van der Waals surface area contributed by atoms with Crippen LogP contribution in [0.3, 0.4) is 0 Å². The molecule has 0 aliphatic carbocycles. The molecule has 2 saturated heterocycles. The van der Waals surface area contributed by atoms with Gasteiger partial charge >= 0.3 is 0 Å². The van der Waals surface area contributed by atoms with Crippen LogP contribution in [0.5, 0.6) is 5.75 Å². The van der Waals surface area contributed by atoms with Gasteiger partial charge in [0.2, 0.25) is 0 Å². The van der Waals surface area contributed by atoms with E-state index >= 15 is 0 Å². The van der Waals surface area contributed by atoms with E-state index < -0.39 is 0 Å². The van der Waals surface area contributed by atoms with E-state index in [0.29, 0.717) is 36.8 Å². The number of hydrogen-bond acceptors (Lipinski definition) is 11. The lowest BCUT2D eigenvalue weighted by molar-refractivity contribution is 0.0336. The third kappa shape index (κ3) is 9.76. The number of aryl methyl sites for hydroxylation is 1. The van der Waals surface area contributed by atoms with Crippen molar-refractivity contribution < 1.29 is 19.0 Å². The highest BCUT2D eigenvalue weighted by atomic mass is 16.5. The lowest BCUT2D eigenvalue weighted by Gasteiger charge is -2.26. The fraction of sp³-hybridized carbons (Fsp3) is 0.444. The summed E-state index contributed by atoms with van der Waals surface area (Å²) in [6.07, 6.45) is 1.56. The van der Waals surface area contributed by atoms with Crippen molar-refractivity contribution in [2.75, 3.05) is 81.6 Å². The van der Waals surface area contributed by atoms with Crippen molar-refractivity contribution in [2.45, 2.75) is 39.8 Å². The second-order valence-corrected chi connectivity index (χ2v) is 13.3. The first kappa shape index (κ1) is 34.3. The summed E-state index contributed by atoms with van der Waals surface area (Å²) >= 11 is 0. The normalized spacial score (nSPS) is 15.9. The lowest BCUT2D eigenvalue weighted by Crippen LogP contribution is -2.39. The van der Waals surface area contributed by atoms with Gasteiger partial charge < -0.3 is 30.2 Å². The Morgan fingerprint density at radius 1 is 0.898 bits per heavy atom. The Kier molecular flexibility index (Phi) is 11.0. The summed E-state index contributed by atoms with van der Waals surface area (Å²) in [4.78, 5) is 26.9. The van der Waals surface area contributed by atoms with Gasteiger partial charge in [-0.25, -0.2) is 9.97 Å². The molecule has 3 N–H and O–H groups in total. The van der Waals surface area contributed by atoms with Crippen molar-refractivity contribution in [1.29, 1.82) is 0 Å². The van der Waals surface area contributed by atoms with Gasteiger partial charge in [0.1, 0.15) is 29.3 Å². The Morgan fingerprint density at radius 3 is 2.33 bits per heavy atom. The summed E-state index contributed by atoms with van der Waals surface area (Å²) in [6, 6.07) is 16.9. The van der Waals surface area contributed by atoms with Crippen LogP contribution in [0.25, 0.3) is 5.82 Å². The molecule has 0 bridgehead atoms. The number of hydrogen-bond donors (Lipinski definition) is 3. The number of amides is 1. The van der Waals surface area contributed by atoms with E-state index in [-0.39, 0.29) is 11.5 Å². The zero-order valence-electron chi connectivity index (χ0n) is 28.9. The smallest absolute Gasteiger partial charge is 0.255 e. The molecule has 2 aliphatic rings. The summed E-state index contributed by atoms with van der Waals surface area (Å²) in [7, 11) is 0. The molecule has 0 radical (unpaired) electrons. The van der Waals surface area contributed by atoms with E-state index in [4.69, 9.17) is 19.3 Å². The molecule has 4 heterocycles. The monoisotopic (exact) mass is 669 g/mol. The second-order valence-electron chi connectivity index (χ2n) is 13.3. The minimum atomic E-state index is -0.316. The third-order valence-corrected chi connectivity index (χ3v) is 8.26. The minimum Gasteiger partial charge on any atom is -0.488 e. The van der Waals surface area contributed by atoms with Crippen LogP contribution >= 0.6 is 0 Å². The van der Waals surface area contributed by atoms with Crippen molar-refractivity contribution >= 4 is 28.9 Å². The van der Waals surface area contributed by atoms with Gasteiger partial charge in [0.25, 0.3) is 5.91 Å². The average molecular weight is 670 g/mol. The molecule has 2 aliphatic heterocycles. The van der Waals surface area contributed by atoms with Crippen LogP contribution in [-0.4, -0.2) is 107 Å². The van der Waals surface area contributed by atoms with Gasteiger partial charge in [0.15, 0.2) is 5.82 Å². The highest BCUT2D eigenvalue weighted by molar-refractivity contribution is 6.04. The van der Waals surface area contributed by atoms with Gasteiger partial charge in [-0.3, -0.25) is 14.6 Å². The topological polar surface area (TPSA) is 131 Å². The SMILES string of the molecule is Cc1ccc(NC(=O)c2ccc(OC(C)(C)C)cc2)cc1Nc1cc(CN2CCOCC2)nn1-c1cc(NCCN2CCOCC2)ncn1. The highest BCUT2D eigenvalue weighted by Crippen LogP contribution is 2.28. The third-order valence-electron chi connectivity index (χ3n) is 8.26. The van der Waals surface area contributed by atoms with Crippen LogP contribution in [0.15, 0.2) is 60.9 Å². The fourth-order valence-electron chi connectivity index (χ4n) is 5.69. The van der Waals surface area contributed by atoms with Gasteiger partial charge in [-0.05, 0) is 69.7 Å². The van der Waals surface area contributed by atoms with E-state index in [9.17, 15) is 4.79 Å². The van der Waals surface area contributed by atoms with Crippen molar-refractivity contribution in [1.82, 2.24) is 29.5 Å². The lowest BCUT2D eigenvalue weighted by atomic mass is 10.1. The number of nitrogens with one attached hydrogen (secondary N) is 3. The Morgan fingerprint density at radius 2 is 1.61 bits per heavy atom. The summed E-state index contributed by atoms with van der Waals surface area (Å²) in [5.74, 6) is 2.64. The molecular formula is C36H47N9O4. The minimum absolute atomic E-state index is 0.204. The molecule has 0 atom stereocenters. The number of carbonyl (C=O) groups is 1. The predicted molar refractivity (Wildman–Crippen MR) is 190 cm³/mol. The van der Waals surface area contributed by atoms with Crippen LogP contribution < -0.4 is 20.7 Å². The summed E-state index contributed by atoms with van der Waals surface area (Å²) in [5.41, 5.74) is 3.65. The highest BCUT2D eigenvalue weighted by Gasteiger charge is 2.18. The Labute approximate surface area is 288 Å². The maximum atomic E-state index is 13.2. The van der Waals surface area contributed by atoms with Crippen LogP contribution in [0, 0.1) is 6.92 Å². The summed E-state index contributed by atoms with van der Waals surface area (Å²) < 4.78 is 18.7. The maximum absolute atomic E-state index is 13.2. The van der Waals surface area contributed by atoms with E-state index in [1.807, 2.05) is 68.8 Å². The molecule has 4 aromatic rings. The first-order chi connectivity index (χ1) is 23.7. The Hall–Kier alpha value is -4.56. The zero-order valence-corrected chi connectivity index (χ0v) is 28.9. The molecule has 0 spiro atoms. The molecule has 2 aromatic carbocycles. The molecule has 260 valence electrons. The van der Waals surface area contributed by atoms with Crippen LogP contribution in [0.4, 0.5) is 23.0 Å². The number of morpholine rings is 2. The van der Waals surface area contributed by atoms with Crippen molar-refractivity contribution in [3.05, 3.63) is 77.7 Å². The van der Waals surface area contributed by atoms with E-state index in [1.165, 1.54) is 0 Å². The van der Waals surface area contributed by atoms with Crippen LogP contribution in [-0.2, 0) is 16.0 Å². The quantitative estimate of drug-likeness (QED) is 0.194. The van der Waals surface area contributed by atoms with Gasteiger partial charge in [-0.1, -0.05) is 6.07 Å². The molecule has 2 fully saturated rings. The number of ether oxygens (including phenoxy) is 3. The van der Waals surface area contributed by atoms with E-state index in [2.05, 4.69) is 41.8 Å². The predicted octanol–water partition coefficient (Wildman–Crippen LogP) is 4.72. The van der Waals surface area contributed by atoms with Crippen molar-refractivity contribution in [2.24, 2.45) is 0 Å². The number of nitrogens with zero attached hydrogens (tertiary/aromatic N) is 6. The molecule has 49 heavy (non-hydrogen) atoms. The number of carbonyl (C=O) groups excluding carboxylic acids is 1. The summed E-state index contributed by atoms with van der Waals surface area (Å²) in [5, 5.41) is 15.0. The molecule has 0 unspecified atom stereocenters. The standard InChI is InChI=1S/C36H47N9O4/c1-26-5-8-28(40-35(46)27-6-9-30(10-7-27)49-36(2,3)4)21-31(26)41-34-22-29(24-44-15-19-48-20-16-44)42-45(34)33-23-32(38-25-39-33)37-11-12-43-13-17-47-18-14-43/h5-10,21-23,25,41H,11-20,24H2,1-4H3,(H,40,46)(H,37,38,39). The van der Waals surface area contributed by atoms with E-state index in [0.717, 1.165) is 86.8 Å². The molecule has 0 saturated carbocycles. The van der Waals surface area contributed by atoms with Crippen molar-refractivity contribution in [3.8, 4) is 11.6 Å². The zero-order chi connectivity index (χ0) is 34.2. The number of aromatic nitrogens is 4. The number of anilines is 4. The van der Waals surface area contributed by atoms with E-state index in [1.54, 1.807) is 18.5 Å². The van der Waals surface area contributed by atoms with Crippen molar-refractivity contribution in [3.63, 3.8) is 0 Å². The molecule has 1 amide bonds. The largest absolute Gasteiger partial charge is 0.488 e. The maximum Gasteiger partial charge on any atom is 0.255 e. The first-order valence-electron chi connectivity index (χ1n) is 16.9. The molecule has 13 nitrogen and oxygen atoms in total. The fourth-order valence-corrected chi connectivity index (χ4v) is 5.69. The molecular weight excluding hydrogens is 622 g/mol. The first-order valence-corrected chi connectivity index (χ1v) is 16.9. The Bertz CT molecular complexity index is 1690. The van der Waals surface area contributed by atoms with Crippen LogP contribution in [0.2, 0.25) is 0 Å². The number of rotatable bonds is 12. The number of benzene rings is 2. The molecule has 6 rings (SSSR count). The van der Waals surface area contributed by atoms with Gasteiger partial charge in [-0.15, -0.1) is 0 Å². The van der Waals surface area contributed by atoms with Crippen LogP contribution in [0.1, 0.15) is 42.4 Å². The molecule has 13 heteroatoms.